The first kappa shape index (κ1) is 17.2. The first-order valence-electron chi connectivity index (χ1n) is 9.12. The Labute approximate surface area is 145 Å². The lowest BCUT2D eigenvalue weighted by Crippen LogP contribution is -2.44. The van der Waals surface area contributed by atoms with E-state index < -0.39 is 0 Å². The molecule has 1 atom stereocenters. The van der Waals surface area contributed by atoms with E-state index in [0.29, 0.717) is 12.3 Å². The van der Waals surface area contributed by atoms with E-state index in [1.807, 2.05) is 12.1 Å². The van der Waals surface area contributed by atoms with Crippen LogP contribution in [0.25, 0.3) is 0 Å². The Morgan fingerprint density at radius 3 is 2.42 bits per heavy atom. The molecule has 0 radical (unpaired) electrons. The summed E-state index contributed by atoms with van der Waals surface area (Å²) in [5.74, 6) is 0.635. The maximum absolute atomic E-state index is 12.3. The Morgan fingerprint density at radius 2 is 1.75 bits per heavy atom. The largest absolute Gasteiger partial charge is 0.369 e. The van der Waals surface area contributed by atoms with E-state index in [1.165, 1.54) is 18.5 Å². The molecule has 0 saturated carbocycles. The number of likely N-dealkylation sites (tertiary alicyclic amines) is 1. The van der Waals surface area contributed by atoms with E-state index in [0.717, 1.165) is 45.0 Å². The van der Waals surface area contributed by atoms with Gasteiger partial charge in [-0.1, -0.05) is 0 Å². The molecule has 2 fully saturated rings. The fourth-order valence-corrected chi connectivity index (χ4v) is 3.73. The number of rotatable bonds is 4. The summed E-state index contributed by atoms with van der Waals surface area (Å²) in [6.45, 7) is 6.54. The summed E-state index contributed by atoms with van der Waals surface area (Å²) in [6, 6.07) is 8.29. The van der Waals surface area contributed by atoms with E-state index in [2.05, 4.69) is 46.2 Å². The van der Waals surface area contributed by atoms with Gasteiger partial charge in [-0.05, 0) is 63.7 Å². The van der Waals surface area contributed by atoms with Crippen molar-refractivity contribution in [2.75, 3.05) is 63.6 Å². The number of piperazine rings is 1. The standard InChI is InChI=1S/C19H30N4O/c1-21-10-12-23(13-11-21)18-7-5-17(6-8-18)20-19(24)14-16-4-3-9-22(2)15-16/h5-8,16H,3-4,9-15H2,1-2H3,(H,20,24). The third-order valence-electron chi connectivity index (χ3n) is 5.22. The van der Waals surface area contributed by atoms with Crippen LogP contribution in [0.5, 0.6) is 0 Å². The summed E-state index contributed by atoms with van der Waals surface area (Å²) in [6.07, 6.45) is 3.00. The molecule has 5 heteroatoms. The van der Waals surface area contributed by atoms with E-state index in [9.17, 15) is 4.79 Å². The molecule has 1 aromatic carbocycles. The highest BCUT2D eigenvalue weighted by Crippen LogP contribution is 2.21. The molecule has 2 aliphatic heterocycles. The lowest BCUT2D eigenvalue weighted by Gasteiger charge is -2.34. The maximum atomic E-state index is 12.3. The van der Waals surface area contributed by atoms with Crippen molar-refractivity contribution < 1.29 is 4.79 Å². The number of nitrogens with zero attached hydrogens (tertiary/aromatic N) is 3. The summed E-state index contributed by atoms with van der Waals surface area (Å²) < 4.78 is 0. The van der Waals surface area contributed by atoms with Gasteiger partial charge in [-0.15, -0.1) is 0 Å². The first-order valence-corrected chi connectivity index (χ1v) is 9.12. The molecule has 0 bridgehead atoms. The number of likely N-dealkylation sites (N-methyl/N-ethyl adjacent to an activating group) is 1. The van der Waals surface area contributed by atoms with Crippen molar-refractivity contribution in [3.63, 3.8) is 0 Å². The SMILES string of the molecule is CN1CCN(c2ccc(NC(=O)CC3CCCN(C)C3)cc2)CC1. The average molecular weight is 330 g/mol. The van der Waals surface area contributed by atoms with Crippen LogP contribution in [0.15, 0.2) is 24.3 Å². The minimum atomic E-state index is 0.141. The Morgan fingerprint density at radius 1 is 1.04 bits per heavy atom. The summed E-state index contributed by atoms with van der Waals surface area (Å²) in [7, 11) is 4.31. The second kappa shape index (κ2) is 7.99. The quantitative estimate of drug-likeness (QED) is 0.918. The van der Waals surface area contributed by atoms with Gasteiger partial charge in [0, 0.05) is 50.5 Å². The summed E-state index contributed by atoms with van der Waals surface area (Å²) in [4.78, 5) is 19.4. The normalized spacial score (nSPS) is 23.2. The molecule has 132 valence electrons. The molecule has 2 saturated heterocycles. The smallest absolute Gasteiger partial charge is 0.224 e. The van der Waals surface area contributed by atoms with Crippen LogP contribution in [0, 0.1) is 5.92 Å². The van der Waals surface area contributed by atoms with Crippen LogP contribution >= 0.6 is 0 Å². The van der Waals surface area contributed by atoms with Gasteiger partial charge in [-0.25, -0.2) is 0 Å². The predicted octanol–water partition coefficient (Wildman–Crippen LogP) is 2.11. The molecule has 5 nitrogen and oxygen atoms in total. The number of hydrogen-bond donors (Lipinski definition) is 1. The van der Waals surface area contributed by atoms with Crippen molar-refractivity contribution >= 4 is 17.3 Å². The number of carbonyl (C=O) groups is 1. The summed E-state index contributed by atoms with van der Waals surface area (Å²) in [5.41, 5.74) is 2.15. The number of hydrogen-bond acceptors (Lipinski definition) is 4. The van der Waals surface area contributed by atoms with Gasteiger partial charge in [0.15, 0.2) is 0 Å². The van der Waals surface area contributed by atoms with E-state index in [4.69, 9.17) is 0 Å². The Kier molecular flexibility index (Phi) is 5.74. The van der Waals surface area contributed by atoms with Crippen molar-refractivity contribution in [3.8, 4) is 0 Å². The summed E-state index contributed by atoms with van der Waals surface area (Å²) in [5, 5.41) is 3.06. The number of benzene rings is 1. The number of carbonyl (C=O) groups excluding carboxylic acids is 1. The Balaban J connectivity index is 1.49. The van der Waals surface area contributed by atoms with Crippen molar-refractivity contribution in [3.05, 3.63) is 24.3 Å². The molecule has 24 heavy (non-hydrogen) atoms. The monoisotopic (exact) mass is 330 g/mol. The first-order chi connectivity index (χ1) is 11.6. The van der Waals surface area contributed by atoms with Crippen LogP contribution in [-0.4, -0.2) is 69.1 Å². The molecule has 3 rings (SSSR count). The van der Waals surface area contributed by atoms with Gasteiger partial charge in [0.1, 0.15) is 0 Å². The van der Waals surface area contributed by atoms with Crippen LogP contribution in [0.1, 0.15) is 19.3 Å². The zero-order chi connectivity index (χ0) is 16.9. The van der Waals surface area contributed by atoms with Gasteiger partial charge in [-0.3, -0.25) is 4.79 Å². The Hall–Kier alpha value is -1.59. The number of nitrogens with one attached hydrogen (secondary N) is 1. The highest BCUT2D eigenvalue weighted by atomic mass is 16.1. The zero-order valence-corrected chi connectivity index (χ0v) is 15.0. The van der Waals surface area contributed by atoms with Gasteiger partial charge in [0.05, 0.1) is 0 Å². The number of anilines is 2. The van der Waals surface area contributed by atoms with Crippen LogP contribution < -0.4 is 10.2 Å². The third-order valence-corrected chi connectivity index (χ3v) is 5.22. The van der Waals surface area contributed by atoms with Gasteiger partial charge in [-0.2, -0.15) is 0 Å². The minimum absolute atomic E-state index is 0.141. The third kappa shape index (κ3) is 4.71. The van der Waals surface area contributed by atoms with Crippen LogP contribution in [-0.2, 0) is 4.79 Å². The van der Waals surface area contributed by atoms with Crippen LogP contribution in [0.2, 0.25) is 0 Å². The molecule has 1 N–H and O–H groups in total. The molecule has 0 spiro atoms. The van der Waals surface area contributed by atoms with Crippen molar-refractivity contribution in [2.24, 2.45) is 5.92 Å². The van der Waals surface area contributed by atoms with Gasteiger partial charge < -0.3 is 20.0 Å². The van der Waals surface area contributed by atoms with Gasteiger partial charge in [0.2, 0.25) is 5.91 Å². The van der Waals surface area contributed by atoms with Crippen molar-refractivity contribution in [1.29, 1.82) is 0 Å². The molecule has 1 unspecified atom stereocenters. The predicted molar refractivity (Wildman–Crippen MR) is 99.6 cm³/mol. The second-order valence-electron chi connectivity index (χ2n) is 7.36. The average Bonchev–Trinajstić information content (AvgIpc) is 2.56. The van der Waals surface area contributed by atoms with Crippen LogP contribution in [0.3, 0.4) is 0 Å². The number of piperidine rings is 1. The van der Waals surface area contributed by atoms with Gasteiger partial charge in [0.25, 0.3) is 0 Å². The van der Waals surface area contributed by atoms with E-state index in [1.54, 1.807) is 0 Å². The van der Waals surface area contributed by atoms with Crippen molar-refractivity contribution in [2.45, 2.75) is 19.3 Å². The molecular formula is C19H30N4O. The Bertz CT molecular complexity index is 537. The van der Waals surface area contributed by atoms with Crippen molar-refractivity contribution in [1.82, 2.24) is 9.80 Å². The minimum Gasteiger partial charge on any atom is -0.369 e. The molecular weight excluding hydrogens is 300 g/mol. The number of amides is 1. The van der Waals surface area contributed by atoms with E-state index >= 15 is 0 Å². The molecule has 0 aliphatic carbocycles. The fourth-order valence-electron chi connectivity index (χ4n) is 3.73. The second-order valence-corrected chi connectivity index (χ2v) is 7.36. The highest BCUT2D eigenvalue weighted by Gasteiger charge is 2.20. The maximum Gasteiger partial charge on any atom is 0.224 e. The molecule has 0 aromatic heterocycles. The van der Waals surface area contributed by atoms with Gasteiger partial charge >= 0.3 is 0 Å². The van der Waals surface area contributed by atoms with Crippen LogP contribution in [0.4, 0.5) is 11.4 Å². The molecule has 1 aromatic rings. The lowest BCUT2D eigenvalue weighted by atomic mass is 9.95. The lowest BCUT2D eigenvalue weighted by molar-refractivity contribution is -0.117. The topological polar surface area (TPSA) is 38.8 Å². The molecule has 1 amide bonds. The zero-order valence-electron chi connectivity index (χ0n) is 15.0. The molecule has 2 heterocycles. The van der Waals surface area contributed by atoms with E-state index in [-0.39, 0.29) is 5.91 Å². The summed E-state index contributed by atoms with van der Waals surface area (Å²) >= 11 is 0. The molecule has 2 aliphatic rings. The highest BCUT2D eigenvalue weighted by molar-refractivity contribution is 5.91. The fraction of sp³-hybridized carbons (Fsp3) is 0.632.